The van der Waals surface area contributed by atoms with Gasteiger partial charge in [-0.3, -0.25) is 9.69 Å². The molecule has 1 fully saturated rings. The zero-order valence-corrected chi connectivity index (χ0v) is 21.7. The second-order valence-corrected chi connectivity index (χ2v) is 9.86. The van der Waals surface area contributed by atoms with Gasteiger partial charge < -0.3 is 21.6 Å². The number of halogens is 2. The van der Waals surface area contributed by atoms with Crippen LogP contribution in [-0.2, 0) is 6.54 Å². The van der Waals surface area contributed by atoms with Crippen LogP contribution in [0.3, 0.4) is 0 Å². The largest absolute Gasteiger partial charge is 0.490 e. The first-order valence-electron chi connectivity index (χ1n) is 12.7. The van der Waals surface area contributed by atoms with Crippen LogP contribution in [0.5, 0.6) is 5.75 Å². The first-order chi connectivity index (χ1) is 18.3. The molecule has 1 atom stereocenters. The van der Waals surface area contributed by atoms with Gasteiger partial charge in [0.15, 0.2) is 17.4 Å². The van der Waals surface area contributed by atoms with E-state index in [1.54, 1.807) is 18.5 Å². The number of amidine groups is 1. The van der Waals surface area contributed by atoms with Crippen molar-refractivity contribution in [1.29, 1.82) is 0 Å². The summed E-state index contributed by atoms with van der Waals surface area (Å²) in [6.07, 6.45) is 7.99. The maximum absolute atomic E-state index is 15.1. The molecule has 10 nitrogen and oxygen atoms in total. The number of benzene rings is 1. The standard InChI is InChI=1S/C26H35F2N9O/c1-16(2)6-9-36-15-19(14-34-36)18-11-20(25(29)33-13-18)26(35-30)37(31)21-3-4-22(24(28)23(21)27)38-10-7-17-5-8-32-12-17/h3-4,11,13-17,32H,5-10,12,30-31H2,1-2H3,(H2,29,33)/b35-26-. The molecule has 1 aliphatic rings. The van der Waals surface area contributed by atoms with Crippen LogP contribution in [0, 0.1) is 23.5 Å². The van der Waals surface area contributed by atoms with E-state index in [-0.39, 0.29) is 35.3 Å². The fraction of sp³-hybridized carbons (Fsp3) is 0.423. The zero-order valence-electron chi connectivity index (χ0n) is 21.7. The number of aromatic nitrogens is 3. The lowest BCUT2D eigenvalue weighted by atomic mass is 10.1. The second kappa shape index (κ2) is 12.2. The molecule has 38 heavy (non-hydrogen) atoms. The van der Waals surface area contributed by atoms with Gasteiger partial charge in [0.2, 0.25) is 5.82 Å². The fourth-order valence-corrected chi connectivity index (χ4v) is 4.33. The molecular formula is C26H35F2N9O. The molecule has 4 rings (SSSR count). The van der Waals surface area contributed by atoms with Crippen LogP contribution in [0.4, 0.5) is 20.3 Å². The Labute approximate surface area is 220 Å². The van der Waals surface area contributed by atoms with E-state index in [1.165, 1.54) is 12.1 Å². The van der Waals surface area contributed by atoms with Crippen LogP contribution in [0.25, 0.3) is 11.1 Å². The highest BCUT2D eigenvalue weighted by molar-refractivity contribution is 6.12. The number of rotatable bonds is 10. The topological polar surface area (TPSA) is 146 Å². The lowest BCUT2D eigenvalue weighted by molar-refractivity contribution is 0.268. The summed E-state index contributed by atoms with van der Waals surface area (Å²) in [6.45, 7) is 7.23. The Balaban J connectivity index is 1.53. The number of pyridine rings is 1. The van der Waals surface area contributed by atoms with Crippen LogP contribution >= 0.6 is 0 Å². The number of ether oxygens (including phenoxy) is 1. The van der Waals surface area contributed by atoms with Gasteiger partial charge >= 0.3 is 0 Å². The van der Waals surface area contributed by atoms with E-state index in [9.17, 15) is 4.39 Å². The van der Waals surface area contributed by atoms with E-state index in [0.717, 1.165) is 49.5 Å². The molecule has 2 aromatic heterocycles. The summed E-state index contributed by atoms with van der Waals surface area (Å²) in [7, 11) is 0. The molecule has 0 bridgehead atoms. The van der Waals surface area contributed by atoms with Crippen LogP contribution in [0.1, 0.15) is 38.7 Å². The zero-order chi connectivity index (χ0) is 27.2. The minimum absolute atomic E-state index is 0.0721. The van der Waals surface area contributed by atoms with Gasteiger partial charge in [0, 0.05) is 30.1 Å². The van der Waals surface area contributed by atoms with Gasteiger partial charge in [0.25, 0.3) is 0 Å². The summed E-state index contributed by atoms with van der Waals surface area (Å²) in [5, 5.41) is 12.2. The quantitative estimate of drug-likeness (QED) is 0.136. The molecule has 12 heteroatoms. The number of hydrazine groups is 1. The Morgan fingerprint density at radius 1 is 1.26 bits per heavy atom. The monoisotopic (exact) mass is 527 g/mol. The summed E-state index contributed by atoms with van der Waals surface area (Å²) in [6, 6.07) is 4.32. The third kappa shape index (κ3) is 6.20. The number of hydrazone groups is 1. The van der Waals surface area contributed by atoms with Crippen molar-refractivity contribution in [1.82, 2.24) is 20.1 Å². The Morgan fingerprint density at radius 3 is 2.79 bits per heavy atom. The molecule has 1 saturated heterocycles. The number of nitrogens with two attached hydrogens (primary N) is 3. The molecule has 7 N–H and O–H groups in total. The minimum Gasteiger partial charge on any atom is -0.490 e. The smallest absolute Gasteiger partial charge is 0.202 e. The summed E-state index contributed by atoms with van der Waals surface area (Å²) < 4.78 is 37.3. The highest BCUT2D eigenvalue weighted by Crippen LogP contribution is 2.30. The van der Waals surface area contributed by atoms with Crippen molar-refractivity contribution >= 4 is 17.3 Å². The molecule has 1 aromatic carbocycles. The first kappa shape index (κ1) is 27.3. The number of anilines is 2. The summed E-state index contributed by atoms with van der Waals surface area (Å²) in [5.41, 5.74) is 7.56. The van der Waals surface area contributed by atoms with Gasteiger partial charge in [-0.2, -0.15) is 14.6 Å². The molecule has 3 heterocycles. The Hall–Kier alpha value is -3.77. The Kier molecular flexibility index (Phi) is 8.74. The third-order valence-corrected chi connectivity index (χ3v) is 6.64. The lowest BCUT2D eigenvalue weighted by Gasteiger charge is -2.22. The third-order valence-electron chi connectivity index (χ3n) is 6.64. The molecule has 0 spiro atoms. The maximum Gasteiger partial charge on any atom is 0.202 e. The van der Waals surface area contributed by atoms with Gasteiger partial charge in [-0.05, 0) is 62.4 Å². The van der Waals surface area contributed by atoms with Crippen LogP contribution in [0.2, 0.25) is 0 Å². The molecule has 0 amide bonds. The average molecular weight is 528 g/mol. The predicted molar refractivity (Wildman–Crippen MR) is 144 cm³/mol. The normalized spacial score (nSPS) is 15.8. The van der Waals surface area contributed by atoms with Crippen molar-refractivity contribution in [3.63, 3.8) is 0 Å². The van der Waals surface area contributed by atoms with Gasteiger partial charge in [-0.15, -0.1) is 0 Å². The Morgan fingerprint density at radius 2 is 2.08 bits per heavy atom. The number of nitrogens with zero attached hydrogens (tertiary/aromatic N) is 5. The fourth-order valence-electron chi connectivity index (χ4n) is 4.33. The molecule has 1 aliphatic heterocycles. The maximum atomic E-state index is 15.1. The number of nitrogen functional groups attached to an aromatic ring is 1. The molecule has 204 valence electrons. The van der Waals surface area contributed by atoms with Gasteiger partial charge in [-0.1, -0.05) is 13.8 Å². The highest BCUT2D eigenvalue weighted by atomic mass is 19.2. The summed E-state index contributed by atoms with van der Waals surface area (Å²) in [5.74, 6) is 10.3. The van der Waals surface area contributed by atoms with E-state index in [1.807, 2.05) is 10.9 Å². The van der Waals surface area contributed by atoms with E-state index in [2.05, 4.69) is 34.3 Å². The van der Waals surface area contributed by atoms with Crippen LogP contribution in [-0.4, -0.2) is 40.3 Å². The molecule has 3 aromatic rings. The van der Waals surface area contributed by atoms with Crippen molar-refractivity contribution in [3.05, 3.63) is 54.0 Å². The van der Waals surface area contributed by atoms with Crippen LogP contribution < -0.4 is 32.5 Å². The van der Waals surface area contributed by atoms with Gasteiger partial charge in [-0.25, -0.2) is 15.2 Å². The number of hydrogen-bond donors (Lipinski definition) is 4. The van der Waals surface area contributed by atoms with Crippen molar-refractivity contribution in [3.8, 4) is 16.9 Å². The molecule has 0 saturated carbocycles. The van der Waals surface area contributed by atoms with E-state index >= 15 is 4.39 Å². The molecule has 1 unspecified atom stereocenters. The van der Waals surface area contributed by atoms with Gasteiger partial charge in [0.05, 0.1) is 24.1 Å². The summed E-state index contributed by atoms with van der Waals surface area (Å²) >= 11 is 0. The average Bonchev–Trinajstić information content (AvgIpc) is 3.59. The predicted octanol–water partition coefficient (Wildman–Crippen LogP) is 3.23. The lowest BCUT2D eigenvalue weighted by Crippen LogP contribution is -2.40. The van der Waals surface area contributed by atoms with Crippen molar-refractivity contribution < 1.29 is 13.5 Å². The van der Waals surface area contributed by atoms with Crippen molar-refractivity contribution in [2.24, 2.45) is 28.6 Å². The number of hydrogen-bond acceptors (Lipinski definition) is 8. The van der Waals surface area contributed by atoms with E-state index in [4.69, 9.17) is 22.2 Å². The molecule has 0 radical (unpaired) electrons. The van der Waals surface area contributed by atoms with E-state index < -0.39 is 11.6 Å². The Bertz CT molecular complexity index is 1270. The first-order valence-corrected chi connectivity index (χ1v) is 12.7. The number of aryl methyl sites for hydroxylation is 1. The van der Waals surface area contributed by atoms with E-state index in [0.29, 0.717) is 17.4 Å². The van der Waals surface area contributed by atoms with Crippen LogP contribution in [0.15, 0.2) is 41.9 Å². The second-order valence-electron chi connectivity index (χ2n) is 9.86. The minimum atomic E-state index is -1.19. The molecular weight excluding hydrogens is 492 g/mol. The highest BCUT2D eigenvalue weighted by Gasteiger charge is 2.24. The molecule has 0 aliphatic carbocycles. The van der Waals surface area contributed by atoms with Crippen molar-refractivity contribution in [2.45, 2.75) is 39.7 Å². The van der Waals surface area contributed by atoms with Crippen molar-refractivity contribution in [2.75, 3.05) is 30.4 Å². The van der Waals surface area contributed by atoms with Gasteiger partial charge in [0.1, 0.15) is 5.82 Å². The SMILES string of the molecule is CC(C)CCn1cc(-c2cnc(N)c(/C(=N/N)N(N)c3ccc(OCCC4CCNC4)c(F)c3F)c2)cn1. The summed E-state index contributed by atoms with van der Waals surface area (Å²) in [4.78, 5) is 4.23. The number of nitrogens with one attached hydrogen (secondary N) is 1.